The Kier molecular flexibility index (Phi) is 5.84. The van der Waals surface area contributed by atoms with E-state index in [1.807, 2.05) is 6.92 Å². The van der Waals surface area contributed by atoms with Crippen molar-refractivity contribution in [3.8, 4) is 0 Å². The van der Waals surface area contributed by atoms with Crippen LogP contribution in [0.5, 0.6) is 0 Å². The number of esters is 1. The van der Waals surface area contributed by atoms with E-state index < -0.39 is 24.1 Å². The molecule has 3 aliphatic carbocycles. The highest BCUT2D eigenvalue weighted by Gasteiger charge is 2.55. The van der Waals surface area contributed by atoms with Gasteiger partial charge < -0.3 is 15.0 Å². The Labute approximate surface area is 177 Å². The fourth-order valence-corrected chi connectivity index (χ4v) is 5.00. The maximum atomic E-state index is 12.9. The molecule has 8 nitrogen and oxygen atoms in total. The second kappa shape index (κ2) is 8.40. The third-order valence-corrected chi connectivity index (χ3v) is 6.90. The SMILES string of the molecule is C[C@@H]1CCCC[C@@]12NC(=O)N(CC(=O)OCC(=O)N(C1=CCCCC1)C1CC1)C2=O. The number of amides is 4. The number of hydrogen-bond acceptors (Lipinski definition) is 5. The minimum absolute atomic E-state index is 0.0289. The summed E-state index contributed by atoms with van der Waals surface area (Å²) in [5.74, 6) is -1.29. The molecule has 1 aliphatic heterocycles. The lowest BCUT2D eigenvalue weighted by atomic mass is 9.73. The molecule has 0 bridgehead atoms. The van der Waals surface area contributed by atoms with Crippen molar-refractivity contribution in [2.24, 2.45) is 5.92 Å². The van der Waals surface area contributed by atoms with Gasteiger partial charge in [0.05, 0.1) is 0 Å². The van der Waals surface area contributed by atoms with Gasteiger partial charge in [-0.05, 0) is 57.3 Å². The topological polar surface area (TPSA) is 96.0 Å². The van der Waals surface area contributed by atoms with Gasteiger partial charge in [0.2, 0.25) is 0 Å². The van der Waals surface area contributed by atoms with Gasteiger partial charge in [0, 0.05) is 11.7 Å². The molecule has 0 radical (unpaired) electrons. The number of ether oxygens (including phenoxy) is 1. The van der Waals surface area contributed by atoms with Gasteiger partial charge in [-0.1, -0.05) is 25.8 Å². The van der Waals surface area contributed by atoms with Crippen LogP contribution in [-0.2, 0) is 19.1 Å². The zero-order chi connectivity index (χ0) is 21.3. The Balaban J connectivity index is 1.33. The third-order valence-electron chi connectivity index (χ3n) is 6.90. The van der Waals surface area contributed by atoms with E-state index in [1.54, 1.807) is 4.90 Å². The molecule has 1 spiro atoms. The highest BCUT2D eigenvalue weighted by atomic mass is 16.5. The second-order valence-corrected chi connectivity index (χ2v) is 9.04. The van der Waals surface area contributed by atoms with Gasteiger partial charge in [-0.3, -0.25) is 19.3 Å². The fourth-order valence-electron chi connectivity index (χ4n) is 5.00. The van der Waals surface area contributed by atoms with Crippen LogP contribution in [-0.4, -0.2) is 58.3 Å². The van der Waals surface area contributed by atoms with Gasteiger partial charge in [-0.2, -0.15) is 0 Å². The van der Waals surface area contributed by atoms with E-state index in [2.05, 4.69) is 11.4 Å². The number of nitrogens with one attached hydrogen (secondary N) is 1. The zero-order valence-corrected chi connectivity index (χ0v) is 17.7. The fraction of sp³-hybridized carbons (Fsp3) is 0.727. The molecule has 4 aliphatic rings. The molecule has 30 heavy (non-hydrogen) atoms. The summed E-state index contributed by atoms with van der Waals surface area (Å²) in [6.07, 6.45) is 11.5. The van der Waals surface area contributed by atoms with Crippen LogP contribution in [0.25, 0.3) is 0 Å². The van der Waals surface area contributed by atoms with Gasteiger partial charge in [-0.25, -0.2) is 4.79 Å². The summed E-state index contributed by atoms with van der Waals surface area (Å²) in [5, 5.41) is 2.82. The van der Waals surface area contributed by atoms with Gasteiger partial charge in [-0.15, -0.1) is 0 Å². The maximum absolute atomic E-state index is 12.9. The third kappa shape index (κ3) is 3.96. The zero-order valence-electron chi connectivity index (χ0n) is 17.7. The second-order valence-electron chi connectivity index (χ2n) is 9.04. The van der Waals surface area contributed by atoms with E-state index in [-0.39, 0.29) is 30.4 Å². The summed E-state index contributed by atoms with van der Waals surface area (Å²) in [6.45, 7) is 1.14. The summed E-state index contributed by atoms with van der Waals surface area (Å²) < 4.78 is 5.18. The quantitative estimate of drug-likeness (QED) is 0.529. The molecule has 0 aromatic heterocycles. The summed E-state index contributed by atoms with van der Waals surface area (Å²) >= 11 is 0. The molecule has 2 saturated carbocycles. The molecule has 4 amide bonds. The van der Waals surface area contributed by atoms with Gasteiger partial charge in [0.15, 0.2) is 6.61 Å². The largest absolute Gasteiger partial charge is 0.454 e. The molecule has 4 rings (SSSR count). The predicted molar refractivity (Wildman–Crippen MR) is 108 cm³/mol. The normalized spacial score (nSPS) is 28.9. The van der Waals surface area contributed by atoms with E-state index in [9.17, 15) is 19.2 Å². The lowest BCUT2D eigenvalue weighted by Crippen LogP contribution is -2.54. The van der Waals surface area contributed by atoms with Crippen molar-refractivity contribution in [2.45, 2.75) is 82.7 Å². The summed E-state index contributed by atoms with van der Waals surface area (Å²) in [4.78, 5) is 53.1. The Morgan fingerprint density at radius 2 is 2.00 bits per heavy atom. The number of allylic oxidation sites excluding steroid dienone is 2. The summed E-state index contributed by atoms with van der Waals surface area (Å²) in [6, 6.07) is -0.344. The van der Waals surface area contributed by atoms with Gasteiger partial charge in [0.1, 0.15) is 12.1 Å². The first-order valence-electron chi connectivity index (χ1n) is 11.2. The van der Waals surface area contributed by atoms with Crippen LogP contribution in [0, 0.1) is 5.92 Å². The first-order chi connectivity index (χ1) is 14.4. The molecule has 1 N–H and O–H groups in total. The highest BCUT2D eigenvalue weighted by Crippen LogP contribution is 2.38. The Bertz CT molecular complexity index is 775. The lowest BCUT2D eigenvalue weighted by molar-refractivity contribution is -0.153. The number of carbonyl (C=O) groups is 4. The molecule has 1 heterocycles. The smallest absolute Gasteiger partial charge is 0.326 e. The van der Waals surface area contributed by atoms with E-state index in [0.717, 1.165) is 68.4 Å². The van der Waals surface area contributed by atoms with Gasteiger partial charge in [0.25, 0.3) is 11.8 Å². The number of hydrogen-bond donors (Lipinski definition) is 1. The highest BCUT2D eigenvalue weighted by molar-refractivity contribution is 6.09. The van der Waals surface area contributed by atoms with E-state index in [0.29, 0.717) is 6.42 Å². The van der Waals surface area contributed by atoms with Gasteiger partial charge >= 0.3 is 12.0 Å². The molecule has 2 atom stereocenters. The van der Waals surface area contributed by atoms with Crippen molar-refractivity contribution < 1.29 is 23.9 Å². The van der Waals surface area contributed by atoms with Crippen molar-refractivity contribution in [2.75, 3.05) is 13.2 Å². The van der Waals surface area contributed by atoms with Crippen molar-refractivity contribution >= 4 is 23.8 Å². The minimum atomic E-state index is -0.901. The van der Waals surface area contributed by atoms with Crippen LogP contribution in [0.3, 0.4) is 0 Å². The lowest BCUT2D eigenvalue weighted by Gasteiger charge is -2.36. The van der Waals surface area contributed by atoms with E-state index in [1.165, 1.54) is 0 Å². The molecule has 164 valence electrons. The van der Waals surface area contributed by atoms with Crippen LogP contribution in [0.15, 0.2) is 11.8 Å². The molecular formula is C22H31N3O5. The average molecular weight is 418 g/mol. The van der Waals surface area contributed by atoms with Crippen LogP contribution >= 0.6 is 0 Å². The molecule has 8 heteroatoms. The van der Waals surface area contributed by atoms with Crippen LogP contribution in [0.4, 0.5) is 4.79 Å². The Hall–Kier alpha value is -2.38. The number of rotatable bonds is 6. The molecule has 0 aromatic carbocycles. The number of carbonyl (C=O) groups excluding carboxylic acids is 4. The van der Waals surface area contributed by atoms with Crippen molar-refractivity contribution in [1.29, 1.82) is 0 Å². The van der Waals surface area contributed by atoms with E-state index >= 15 is 0 Å². The maximum Gasteiger partial charge on any atom is 0.326 e. The monoisotopic (exact) mass is 417 g/mol. The van der Waals surface area contributed by atoms with Crippen molar-refractivity contribution in [1.82, 2.24) is 15.1 Å². The van der Waals surface area contributed by atoms with Crippen molar-refractivity contribution in [3.63, 3.8) is 0 Å². The molecule has 1 saturated heterocycles. The first kappa shape index (κ1) is 20.9. The number of nitrogens with zero attached hydrogens (tertiary/aromatic N) is 2. The first-order valence-corrected chi connectivity index (χ1v) is 11.2. The summed E-state index contributed by atoms with van der Waals surface area (Å²) in [5.41, 5.74) is 0.133. The number of imide groups is 1. The standard InChI is InChI=1S/C22H31N3O5/c1-15-7-5-6-12-22(15)20(28)24(21(29)23-22)13-19(27)30-14-18(26)25(17-10-11-17)16-8-3-2-4-9-16/h8,15,17H,2-7,9-14H2,1H3,(H,23,29)/t15-,22-/m1/s1. The Morgan fingerprint density at radius 3 is 2.67 bits per heavy atom. The van der Waals surface area contributed by atoms with Crippen LogP contribution in [0.2, 0.25) is 0 Å². The number of urea groups is 1. The molecule has 3 fully saturated rings. The van der Waals surface area contributed by atoms with Crippen LogP contribution < -0.4 is 5.32 Å². The predicted octanol–water partition coefficient (Wildman–Crippen LogP) is 2.48. The molecular weight excluding hydrogens is 386 g/mol. The Morgan fingerprint density at radius 1 is 1.20 bits per heavy atom. The van der Waals surface area contributed by atoms with Crippen molar-refractivity contribution in [3.05, 3.63) is 11.8 Å². The minimum Gasteiger partial charge on any atom is -0.454 e. The average Bonchev–Trinajstić information content (AvgIpc) is 3.54. The molecule has 0 aromatic rings. The van der Waals surface area contributed by atoms with E-state index in [4.69, 9.17) is 4.74 Å². The summed E-state index contributed by atoms with van der Waals surface area (Å²) in [7, 11) is 0. The van der Waals surface area contributed by atoms with Crippen LogP contribution in [0.1, 0.15) is 71.1 Å². The molecule has 0 unspecified atom stereocenters.